The maximum atomic E-state index is 12.3. The van der Waals surface area contributed by atoms with Crippen molar-refractivity contribution in [2.24, 2.45) is 0 Å². The number of nitrogens with one attached hydrogen (secondary N) is 1. The lowest BCUT2D eigenvalue weighted by atomic mass is 10.2. The SMILES string of the molecule is Cc1cc(C(=O)O[C@H](C)C(=O)NC2CC2)c(C)n1C(C)C. The van der Waals surface area contributed by atoms with Crippen molar-refractivity contribution in [1.29, 1.82) is 0 Å². The largest absolute Gasteiger partial charge is 0.449 e. The van der Waals surface area contributed by atoms with Crippen molar-refractivity contribution in [3.05, 3.63) is 23.0 Å². The van der Waals surface area contributed by atoms with Crippen LogP contribution in [0.2, 0.25) is 0 Å². The lowest BCUT2D eigenvalue weighted by molar-refractivity contribution is -0.129. The predicted molar refractivity (Wildman–Crippen MR) is 80.3 cm³/mol. The Kier molecular flexibility index (Phi) is 4.40. The van der Waals surface area contributed by atoms with E-state index in [9.17, 15) is 9.59 Å². The van der Waals surface area contributed by atoms with Gasteiger partial charge in [0.05, 0.1) is 5.56 Å². The standard InChI is InChI=1S/C16H24N2O3/c1-9(2)18-10(3)8-14(11(18)4)16(20)21-12(5)15(19)17-13-6-7-13/h8-9,12-13H,6-7H2,1-5H3,(H,17,19)/t12-/m1/s1. The molecule has 1 atom stereocenters. The normalized spacial score (nSPS) is 15.9. The van der Waals surface area contributed by atoms with Gasteiger partial charge in [-0.25, -0.2) is 4.79 Å². The van der Waals surface area contributed by atoms with Crippen molar-refractivity contribution in [1.82, 2.24) is 9.88 Å². The number of aromatic nitrogens is 1. The number of carbonyl (C=O) groups excluding carboxylic acids is 2. The molecule has 5 heteroatoms. The van der Waals surface area contributed by atoms with E-state index in [-0.39, 0.29) is 18.0 Å². The highest BCUT2D eigenvalue weighted by Crippen LogP contribution is 2.22. The quantitative estimate of drug-likeness (QED) is 0.848. The molecule has 1 aromatic heterocycles. The highest BCUT2D eigenvalue weighted by atomic mass is 16.5. The Bertz CT molecular complexity index is 556. The van der Waals surface area contributed by atoms with E-state index in [4.69, 9.17) is 4.74 Å². The van der Waals surface area contributed by atoms with Crippen molar-refractivity contribution in [2.45, 2.75) is 65.6 Å². The van der Waals surface area contributed by atoms with Crippen molar-refractivity contribution >= 4 is 11.9 Å². The Labute approximate surface area is 125 Å². The van der Waals surface area contributed by atoms with Gasteiger partial charge in [0.25, 0.3) is 5.91 Å². The molecule has 1 aliphatic rings. The molecule has 2 rings (SSSR count). The Balaban J connectivity index is 2.06. The smallest absolute Gasteiger partial charge is 0.340 e. The fourth-order valence-electron chi connectivity index (χ4n) is 2.60. The van der Waals surface area contributed by atoms with Crippen LogP contribution in [-0.2, 0) is 9.53 Å². The third-order valence-electron chi connectivity index (χ3n) is 3.80. The Morgan fingerprint density at radius 3 is 2.38 bits per heavy atom. The third kappa shape index (κ3) is 3.46. The number of nitrogens with zero attached hydrogens (tertiary/aromatic N) is 1. The van der Waals surface area contributed by atoms with Gasteiger partial charge in [0, 0.05) is 23.5 Å². The lowest BCUT2D eigenvalue weighted by Crippen LogP contribution is -2.37. The van der Waals surface area contributed by atoms with Crippen LogP contribution >= 0.6 is 0 Å². The number of carbonyl (C=O) groups is 2. The number of amides is 1. The molecule has 1 aromatic rings. The minimum Gasteiger partial charge on any atom is -0.449 e. The highest BCUT2D eigenvalue weighted by Gasteiger charge is 2.28. The summed E-state index contributed by atoms with van der Waals surface area (Å²) >= 11 is 0. The molecule has 5 nitrogen and oxygen atoms in total. The Morgan fingerprint density at radius 2 is 1.90 bits per heavy atom. The van der Waals surface area contributed by atoms with Gasteiger partial charge in [-0.15, -0.1) is 0 Å². The average Bonchev–Trinajstić information content (AvgIpc) is 3.13. The summed E-state index contributed by atoms with van der Waals surface area (Å²) < 4.78 is 7.38. The molecule has 1 fully saturated rings. The van der Waals surface area contributed by atoms with Crippen LogP contribution in [-0.4, -0.2) is 28.6 Å². The Morgan fingerprint density at radius 1 is 1.29 bits per heavy atom. The number of hydrogen-bond acceptors (Lipinski definition) is 3. The summed E-state index contributed by atoms with van der Waals surface area (Å²) in [5.41, 5.74) is 2.43. The van der Waals surface area contributed by atoms with Crippen LogP contribution in [0, 0.1) is 13.8 Å². The molecule has 0 bridgehead atoms. The van der Waals surface area contributed by atoms with Gasteiger partial charge in [-0.05, 0) is 53.5 Å². The van der Waals surface area contributed by atoms with Gasteiger partial charge >= 0.3 is 5.97 Å². The third-order valence-corrected chi connectivity index (χ3v) is 3.80. The van der Waals surface area contributed by atoms with E-state index < -0.39 is 12.1 Å². The van der Waals surface area contributed by atoms with Crippen molar-refractivity contribution in [2.75, 3.05) is 0 Å². The summed E-state index contributed by atoms with van der Waals surface area (Å²) in [5, 5.41) is 2.84. The second-order valence-electron chi connectivity index (χ2n) is 6.08. The minimum absolute atomic E-state index is 0.219. The van der Waals surface area contributed by atoms with Crippen LogP contribution < -0.4 is 5.32 Å². The zero-order valence-corrected chi connectivity index (χ0v) is 13.4. The van der Waals surface area contributed by atoms with Gasteiger partial charge in [-0.1, -0.05) is 0 Å². The molecule has 1 aliphatic carbocycles. The molecule has 116 valence electrons. The van der Waals surface area contributed by atoms with Gasteiger partial charge in [-0.3, -0.25) is 4.79 Å². The highest BCUT2D eigenvalue weighted by molar-refractivity contribution is 5.93. The first kappa shape index (κ1) is 15.6. The maximum Gasteiger partial charge on any atom is 0.340 e. The molecule has 1 N–H and O–H groups in total. The molecule has 21 heavy (non-hydrogen) atoms. The van der Waals surface area contributed by atoms with E-state index in [2.05, 4.69) is 23.7 Å². The molecule has 0 saturated heterocycles. The number of ether oxygens (including phenoxy) is 1. The summed E-state index contributed by atoms with van der Waals surface area (Å²) in [6.07, 6.45) is 1.27. The zero-order valence-electron chi connectivity index (χ0n) is 13.4. The fourth-order valence-corrected chi connectivity index (χ4v) is 2.60. The van der Waals surface area contributed by atoms with Gasteiger partial charge in [0.2, 0.25) is 0 Å². The van der Waals surface area contributed by atoms with E-state index in [0.717, 1.165) is 24.2 Å². The van der Waals surface area contributed by atoms with Crippen LogP contribution in [0.1, 0.15) is 61.4 Å². The summed E-state index contributed by atoms with van der Waals surface area (Å²) in [5.74, 6) is -0.656. The van der Waals surface area contributed by atoms with Crippen LogP contribution in [0.5, 0.6) is 0 Å². The molecular weight excluding hydrogens is 268 g/mol. The average molecular weight is 292 g/mol. The summed E-state index contributed by atoms with van der Waals surface area (Å²) in [4.78, 5) is 24.1. The second-order valence-corrected chi connectivity index (χ2v) is 6.08. The molecule has 0 aliphatic heterocycles. The van der Waals surface area contributed by atoms with E-state index in [0.29, 0.717) is 5.56 Å². The summed E-state index contributed by atoms with van der Waals surface area (Å²) in [6, 6.07) is 2.37. The van der Waals surface area contributed by atoms with Crippen LogP contribution in [0.4, 0.5) is 0 Å². The van der Waals surface area contributed by atoms with Gasteiger partial charge in [0.15, 0.2) is 6.10 Å². The molecule has 1 saturated carbocycles. The molecule has 1 amide bonds. The lowest BCUT2D eigenvalue weighted by Gasteiger charge is -2.15. The van der Waals surface area contributed by atoms with E-state index in [1.165, 1.54) is 0 Å². The van der Waals surface area contributed by atoms with Crippen molar-refractivity contribution in [3.8, 4) is 0 Å². The van der Waals surface area contributed by atoms with E-state index >= 15 is 0 Å². The second kappa shape index (κ2) is 5.92. The number of esters is 1. The zero-order chi connectivity index (χ0) is 15.7. The first-order chi connectivity index (χ1) is 9.81. The number of aryl methyl sites for hydroxylation is 1. The van der Waals surface area contributed by atoms with Crippen LogP contribution in [0.15, 0.2) is 6.07 Å². The first-order valence-electron chi connectivity index (χ1n) is 7.51. The molecule has 0 spiro atoms. The summed E-state index contributed by atoms with van der Waals surface area (Å²) in [7, 11) is 0. The van der Waals surface area contributed by atoms with Gasteiger partial charge in [0.1, 0.15) is 0 Å². The maximum absolute atomic E-state index is 12.3. The fraction of sp³-hybridized carbons (Fsp3) is 0.625. The Hall–Kier alpha value is -1.78. The molecular formula is C16H24N2O3. The molecule has 0 radical (unpaired) electrons. The van der Waals surface area contributed by atoms with Gasteiger partial charge in [-0.2, -0.15) is 0 Å². The van der Waals surface area contributed by atoms with Crippen LogP contribution in [0.25, 0.3) is 0 Å². The number of hydrogen-bond donors (Lipinski definition) is 1. The van der Waals surface area contributed by atoms with E-state index in [1.807, 2.05) is 19.9 Å². The minimum atomic E-state index is -0.764. The molecule has 0 aromatic carbocycles. The monoisotopic (exact) mass is 292 g/mol. The van der Waals surface area contributed by atoms with Crippen LogP contribution in [0.3, 0.4) is 0 Å². The molecule has 1 heterocycles. The van der Waals surface area contributed by atoms with Crippen molar-refractivity contribution in [3.63, 3.8) is 0 Å². The van der Waals surface area contributed by atoms with Gasteiger partial charge < -0.3 is 14.6 Å². The topological polar surface area (TPSA) is 60.3 Å². The van der Waals surface area contributed by atoms with E-state index in [1.54, 1.807) is 6.92 Å². The predicted octanol–water partition coefficient (Wildman–Crippen LogP) is 2.51. The summed E-state index contributed by atoms with van der Waals surface area (Å²) in [6.45, 7) is 9.62. The molecule has 0 unspecified atom stereocenters. The van der Waals surface area contributed by atoms with Crippen molar-refractivity contribution < 1.29 is 14.3 Å². The number of rotatable bonds is 5. The first-order valence-corrected chi connectivity index (χ1v) is 7.51.